The number of carbonyl (C=O) groups excluding carboxylic acids is 3. The predicted octanol–water partition coefficient (Wildman–Crippen LogP) is 4.38. The monoisotopic (exact) mass is 607 g/mol. The lowest BCUT2D eigenvalue weighted by Crippen LogP contribution is -2.58. The van der Waals surface area contributed by atoms with E-state index in [0.29, 0.717) is 54.0 Å². The smallest absolute Gasteiger partial charge is 0.405 e. The van der Waals surface area contributed by atoms with Gasteiger partial charge >= 0.3 is 6.09 Å². The van der Waals surface area contributed by atoms with Gasteiger partial charge in [0.05, 0.1) is 18.3 Å². The first-order valence-corrected chi connectivity index (χ1v) is 15.6. The Morgan fingerprint density at radius 2 is 1.82 bits per heavy atom. The van der Waals surface area contributed by atoms with E-state index in [0.717, 1.165) is 32.1 Å². The van der Waals surface area contributed by atoms with Gasteiger partial charge in [-0.2, -0.15) is 5.10 Å². The fourth-order valence-corrected chi connectivity index (χ4v) is 7.39. The van der Waals surface area contributed by atoms with Crippen LogP contribution in [-0.2, 0) is 9.53 Å². The van der Waals surface area contributed by atoms with E-state index in [4.69, 9.17) is 19.9 Å². The van der Waals surface area contributed by atoms with Crippen LogP contribution in [0.25, 0.3) is 6.20 Å². The first-order chi connectivity index (χ1) is 20.9. The summed E-state index contributed by atoms with van der Waals surface area (Å²) < 4.78 is 18.8. The summed E-state index contributed by atoms with van der Waals surface area (Å²) >= 11 is 0. The normalized spacial score (nSPS) is 25.7. The second kappa shape index (κ2) is 12.9. The number of para-hydroxylation sites is 1. The lowest BCUT2D eigenvalue weighted by molar-refractivity contribution is -0.150. The third-order valence-electron chi connectivity index (χ3n) is 8.98. The number of primary amides is 1. The zero-order valence-electron chi connectivity index (χ0n) is 26.1. The van der Waals surface area contributed by atoms with E-state index < -0.39 is 17.2 Å². The first kappa shape index (κ1) is 31.4. The van der Waals surface area contributed by atoms with Crippen LogP contribution in [0.4, 0.5) is 4.79 Å². The molecule has 238 valence electrons. The quantitative estimate of drug-likeness (QED) is 0.306. The molecule has 4 aliphatic rings. The van der Waals surface area contributed by atoms with Crippen LogP contribution >= 0.6 is 0 Å². The van der Waals surface area contributed by atoms with Gasteiger partial charge < -0.3 is 30.6 Å². The summed E-state index contributed by atoms with van der Waals surface area (Å²) in [7, 11) is 0. The molecule has 4 bridgehead atoms. The topological polar surface area (TPSA) is 147 Å². The standard InChI is InChI=1S/C33H45N5O6/c1-21(2)19-43-30-27(18-36-38(30)11-10-32(3,4)37-28(39)20-42-25-8-6-5-7-9-25)29(40)35-17-26-23-12-22-13-24(26)16-33(14-22,15-23)44-31(34)41/h5-11,18,21-24,26H,12-17,19-20H2,1-4H3,(H2,34,41)(H,35,40)(H,37,39)/b11-10+. The van der Waals surface area contributed by atoms with E-state index >= 15 is 0 Å². The number of nitrogens with one attached hydrogen (secondary N) is 2. The summed E-state index contributed by atoms with van der Waals surface area (Å²) in [6.45, 7) is 8.63. The molecule has 0 aliphatic heterocycles. The van der Waals surface area contributed by atoms with Crippen LogP contribution in [0.2, 0.25) is 0 Å². The van der Waals surface area contributed by atoms with Gasteiger partial charge in [-0.1, -0.05) is 32.0 Å². The van der Waals surface area contributed by atoms with Gasteiger partial charge in [0.25, 0.3) is 11.8 Å². The highest BCUT2D eigenvalue weighted by Gasteiger charge is 2.57. The van der Waals surface area contributed by atoms with Gasteiger partial charge in [0.2, 0.25) is 5.88 Å². The number of rotatable bonds is 13. The SMILES string of the molecule is CC(C)COc1c(C(=O)NCC2C3CC4CC2CC(OC(N)=O)(C4)C3)cnn1/C=C/C(C)(C)NC(=O)COc1ccccc1. The van der Waals surface area contributed by atoms with Crippen LogP contribution in [0.3, 0.4) is 0 Å². The fourth-order valence-electron chi connectivity index (χ4n) is 7.39. The van der Waals surface area contributed by atoms with Crippen molar-refractivity contribution in [2.24, 2.45) is 35.3 Å². The van der Waals surface area contributed by atoms with Gasteiger partial charge in [-0.3, -0.25) is 9.59 Å². The molecule has 1 aromatic carbocycles. The second-order valence-electron chi connectivity index (χ2n) is 13.6. The molecule has 1 heterocycles. The van der Waals surface area contributed by atoms with Gasteiger partial charge in [0, 0.05) is 12.7 Å². The largest absolute Gasteiger partial charge is 0.484 e. The van der Waals surface area contributed by atoms with E-state index in [1.54, 1.807) is 24.4 Å². The molecular weight excluding hydrogens is 562 g/mol. The molecule has 2 aromatic rings. The van der Waals surface area contributed by atoms with Gasteiger partial charge in [-0.15, -0.1) is 0 Å². The Bertz CT molecular complexity index is 1350. The molecule has 4 N–H and O–H groups in total. The van der Waals surface area contributed by atoms with Crippen LogP contribution in [0, 0.1) is 29.6 Å². The predicted molar refractivity (Wildman–Crippen MR) is 165 cm³/mol. The number of hydrogen-bond donors (Lipinski definition) is 3. The van der Waals surface area contributed by atoms with Gasteiger partial charge in [0.15, 0.2) is 6.61 Å². The molecule has 3 amide bonds. The number of carbonyl (C=O) groups is 3. The zero-order valence-corrected chi connectivity index (χ0v) is 26.1. The highest BCUT2D eigenvalue weighted by atomic mass is 16.6. The maximum atomic E-state index is 13.5. The Labute approximate surface area is 258 Å². The van der Waals surface area contributed by atoms with Crippen molar-refractivity contribution >= 4 is 24.1 Å². The lowest BCUT2D eigenvalue weighted by Gasteiger charge is -2.59. The summed E-state index contributed by atoms with van der Waals surface area (Å²) in [5.74, 6) is 2.34. The van der Waals surface area contributed by atoms with Crippen molar-refractivity contribution in [2.75, 3.05) is 19.8 Å². The van der Waals surface area contributed by atoms with Gasteiger partial charge in [-0.25, -0.2) is 9.48 Å². The van der Waals surface area contributed by atoms with Crippen molar-refractivity contribution in [3.05, 3.63) is 48.2 Å². The van der Waals surface area contributed by atoms with E-state index in [9.17, 15) is 14.4 Å². The van der Waals surface area contributed by atoms with Crippen molar-refractivity contribution < 1.29 is 28.6 Å². The second-order valence-corrected chi connectivity index (χ2v) is 13.6. The molecule has 44 heavy (non-hydrogen) atoms. The Morgan fingerprint density at radius 1 is 1.11 bits per heavy atom. The number of ether oxygens (including phenoxy) is 3. The van der Waals surface area contributed by atoms with Crippen molar-refractivity contribution in [1.29, 1.82) is 0 Å². The Kier molecular flexibility index (Phi) is 9.22. The minimum Gasteiger partial charge on any atom is -0.484 e. The number of nitrogens with zero attached hydrogens (tertiary/aromatic N) is 2. The van der Waals surface area contributed by atoms with Gasteiger partial charge in [0.1, 0.15) is 16.9 Å². The number of nitrogens with two attached hydrogens (primary N) is 1. The highest BCUT2D eigenvalue weighted by Crippen LogP contribution is 2.59. The van der Waals surface area contributed by atoms with E-state index in [1.807, 2.05) is 45.9 Å². The minimum atomic E-state index is -0.726. The van der Waals surface area contributed by atoms with Crippen molar-refractivity contribution in [1.82, 2.24) is 20.4 Å². The first-order valence-electron chi connectivity index (χ1n) is 15.6. The molecule has 4 saturated carbocycles. The number of benzene rings is 1. The van der Waals surface area contributed by atoms with Crippen LogP contribution < -0.4 is 25.8 Å². The molecule has 4 fully saturated rings. The van der Waals surface area contributed by atoms with Crippen LogP contribution in [0.15, 0.2) is 42.6 Å². The average Bonchev–Trinajstić information content (AvgIpc) is 3.35. The van der Waals surface area contributed by atoms with Crippen molar-refractivity contribution in [2.45, 2.75) is 70.9 Å². The summed E-state index contributed by atoms with van der Waals surface area (Å²) in [5.41, 5.74) is 4.60. The third-order valence-corrected chi connectivity index (χ3v) is 8.98. The average molecular weight is 608 g/mol. The van der Waals surface area contributed by atoms with E-state index in [1.165, 1.54) is 10.9 Å². The molecular formula is C33H45N5O6. The maximum Gasteiger partial charge on any atom is 0.405 e. The minimum absolute atomic E-state index is 0.112. The van der Waals surface area contributed by atoms with Crippen molar-refractivity contribution in [3.8, 4) is 11.6 Å². The number of hydrogen-bond acceptors (Lipinski definition) is 7. The summed E-state index contributed by atoms with van der Waals surface area (Å²) in [6.07, 6.45) is 9.01. The molecule has 11 heteroatoms. The molecule has 1 aromatic heterocycles. The Balaban J connectivity index is 1.22. The molecule has 2 atom stereocenters. The van der Waals surface area contributed by atoms with Crippen LogP contribution in [0.5, 0.6) is 11.6 Å². The van der Waals surface area contributed by atoms with Gasteiger partial charge in [-0.05, 0) is 93.7 Å². The summed E-state index contributed by atoms with van der Waals surface area (Å²) in [6, 6.07) is 9.16. The Morgan fingerprint density at radius 3 is 2.48 bits per heavy atom. The molecule has 0 radical (unpaired) electrons. The lowest BCUT2D eigenvalue weighted by atomic mass is 9.50. The molecule has 4 aliphatic carbocycles. The fraction of sp³-hybridized carbons (Fsp3) is 0.576. The molecule has 0 spiro atoms. The summed E-state index contributed by atoms with van der Waals surface area (Å²) in [5, 5.41) is 10.5. The van der Waals surface area contributed by atoms with Crippen LogP contribution in [0.1, 0.15) is 70.2 Å². The summed E-state index contributed by atoms with van der Waals surface area (Å²) in [4.78, 5) is 37.6. The van der Waals surface area contributed by atoms with Crippen LogP contribution in [-0.4, -0.2) is 58.6 Å². The van der Waals surface area contributed by atoms with E-state index in [-0.39, 0.29) is 24.3 Å². The maximum absolute atomic E-state index is 13.5. The third kappa shape index (κ3) is 7.54. The number of amides is 3. The molecule has 2 unspecified atom stereocenters. The zero-order chi connectivity index (χ0) is 31.5. The number of aromatic nitrogens is 2. The Hall–Kier alpha value is -4.02. The van der Waals surface area contributed by atoms with Crippen molar-refractivity contribution in [3.63, 3.8) is 0 Å². The molecule has 11 nitrogen and oxygen atoms in total. The van der Waals surface area contributed by atoms with E-state index in [2.05, 4.69) is 15.7 Å². The molecule has 0 saturated heterocycles. The molecule has 6 rings (SSSR count). The highest BCUT2D eigenvalue weighted by molar-refractivity contribution is 5.96.